The highest BCUT2D eigenvalue weighted by Crippen LogP contribution is 2.32. The van der Waals surface area contributed by atoms with Gasteiger partial charge in [-0.3, -0.25) is 4.90 Å². The van der Waals surface area contributed by atoms with Crippen LogP contribution in [0.3, 0.4) is 0 Å². The number of allylic oxidation sites excluding steroid dienone is 2. The van der Waals surface area contributed by atoms with Gasteiger partial charge in [-0.25, -0.2) is 4.79 Å². The van der Waals surface area contributed by atoms with Crippen LogP contribution in [0.4, 0.5) is 16.2 Å². The van der Waals surface area contributed by atoms with E-state index in [9.17, 15) is 4.79 Å². The number of carbonyl (C=O) groups is 1. The molecule has 1 N–H and O–H groups in total. The molecule has 2 saturated heterocycles. The van der Waals surface area contributed by atoms with Gasteiger partial charge in [-0.1, -0.05) is 32.9 Å². The fourth-order valence-electron chi connectivity index (χ4n) is 4.19. The molecule has 0 saturated carbocycles. The zero-order valence-electron chi connectivity index (χ0n) is 21.5. The second-order valence-corrected chi connectivity index (χ2v) is 9.34. The van der Waals surface area contributed by atoms with Crippen molar-refractivity contribution >= 4 is 23.0 Å². The lowest BCUT2D eigenvalue weighted by atomic mass is 10.0. The molecule has 0 radical (unpaired) electrons. The number of nitrogens with zero attached hydrogens (tertiary/aromatic N) is 3. The van der Waals surface area contributed by atoms with Crippen molar-refractivity contribution in [1.82, 2.24) is 9.80 Å². The Morgan fingerprint density at radius 1 is 1.16 bits per heavy atom. The van der Waals surface area contributed by atoms with Gasteiger partial charge < -0.3 is 19.9 Å². The maximum atomic E-state index is 12.3. The summed E-state index contributed by atoms with van der Waals surface area (Å²) in [6, 6.07) is 7.29. The first-order chi connectivity index (χ1) is 15.2. The number of anilines is 2. The Bertz CT molecular complexity index is 771. The molecule has 1 amide bonds. The van der Waals surface area contributed by atoms with Gasteiger partial charge in [-0.2, -0.15) is 0 Å². The van der Waals surface area contributed by atoms with E-state index in [1.807, 2.05) is 46.6 Å². The van der Waals surface area contributed by atoms with Crippen molar-refractivity contribution in [2.75, 3.05) is 56.5 Å². The van der Waals surface area contributed by atoms with Crippen LogP contribution in [0.2, 0.25) is 0 Å². The summed E-state index contributed by atoms with van der Waals surface area (Å²) in [7, 11) is 1.99. The minimum atomic E-state index is -0.435. The normalized spacial score (nSPS) is 17.9. The molecule has 0 aliphatic carbocycles. The van der Waals surface area contributed by atoms with Gasteiger partial charge in [0.2, 0.25) is 0 Å². The summed E-state index contributed by atoms with van der Waals surface area (Å²) in [4.78, 5) is 19.0. The van der Waals surface area contributed by atoms with Gasteiger partial charge in [0.1, 0.15) is 5.60 Å². The van der Waals surface area contributed by atoms with Crippen LogP contribution in [0.15, 0.2) is 24.3 Å². The molecule has 0 aromatic heterocycles. The second kappa shape index (κ2) is 11.6. The van der Waals surface area contributed by atoms with Crippen molar-refractivity contribution in [2.45, 2.75) is 66.5 Å². The highest BCUT2D eigenvalue weighted by molar-refractivity contribution is 5.78. The molecule has 3 rings (SSSR count). The summed E-state index contributed by atoms with van der Waals surface area (Å²) in [5.74, 6) is 0. The molecule has 1 aromatic carbocycles. The molecule has 2 aliphatic heterocycles. The fourth-order valence-corrected chi connectivity index (χ4v) is 4.19. The van der Waals surface area contributed by atoms with E-state index in [4.69, 9.17) is 4.74 Å². The van der Waals surface area contributed by atoms with Crippen molar-refractivity contribution in [3.8, 4) is 0 Å². The van der Waals surface area contributed by atoms with Crippen LogP contribution in [-0.2, 0) is 4.74 Å². The number of piperazine rings is 1. The van der Waals surface area contributed by atoms with Crippen LogP contribution < -0.4 is 10.2 Å². The maximum Gasteiger partial charge on any atom is 0.410 e. The van der Waals surface area contributed by atoms with Crippen LogP contribution in [0, 0.1) is 0 Å². The van der Waals surface area contributed by atoms with Crippen molar-refractivity contribution in [3.05, 3.63) is 29.8 Å². The van der Waals surface area contributed by atoms with Crippen molar-refractivity contribution in [1.29, 1.82) is 0 Å². The van der Waals surface area contributed by atoms with Gasteiger partial charge in [0.25, 0.3) is 0 Å². The number of carbonyl (C=O) groups excluding carboxylic acids is 1. The van der Waals surface area contributed by atoms with E-state index in [0.717, 1.165) is 45.7 Å². The molecule has 0 unspecified atom stereocenters. The molecule has 1 aromatic rings. The van der Waals surface area contributed by atoms with Gasteiger partial charge in [0.15, 0.2) is 0 Å². The predicted molar refractivity (Wildman–Crippen MR) is 137 cm³/mol. The highest BCUT2D eigenvalue weighted by atomic mass is 16.6. The average molecular weight is 445 g/mol. The van der Waals surface area contributed by atoms with Gasteiger partial charge in [0.05, 0.1) is 0 Å². The molecule has 0 atom stereocenters. The lowest BCUT2D eigenvalue weighted by Crippen LogP contribution is -2.63. The molecular formula is C26H44N4O2. The number of ether oxygens (including phenoxy) is 1. The summed E-state index contributed by atoms with van der Waals surface area (Å²) in [5.41, 5.74) is 4.62. The number of hydrogen-bond donors (Lipinski definition) is 1. The topological polar surface area (TPSA) is 48.0 Å². The van der Waals surface area contributed by atoms with Crippen LogP contribution in [0.1, 0.15) is 60.5 Å². The largest absolute Gasteiger partial charge is 0.444 e. The van der Waals surface area contributed by atoms with Crippen molar-refractivity contribution in [3.63, 3.8) is 0 Å². The fraction of sp³-hybridized carbons (Fsp3) is 0.654. The number of amides is 1. The van der Waals surface area contributed by atoms with Crippen LogP contribution in [-0.4, -0.2) is 73.9 Å². The third kappa shape index (κ3) is 6.64. The number of benzene rings is 1. The highest BCUT2D eigenvalue weighted by Gasteiger charge is 2.35. The zero-order chi connectivity index (χ0) is 23.9. The van der Waals surface area contributed by atoms with Crippen LogP contribution in [0.25, 0.3) is 5.57 Å². The lowest BCUT2D eigenvalue weighted by Gasteiger charge is -2.49. The van der Waals surface area contributed by atoms with E-state index in [1.54, 1.807) is 0 Å². The van der Waals surface area contributed by atoms with Gasteiger partial charge in [-0.05, 0) is 51.8 Å². The number of nitrogens with one attached hydrogen (secondary N) is 1. The Balaban J connectivity index is 0.00000176. The maximum absolute atomic E-state index is 12.3. The first-order valence-corrected chi connectivity index (χ1v) is 12.2. The van der Waals surface area contributed by atoms with Gasteiger partial charge in [-0.15, -0.1) is 0 Å². The molecule has 0 spiro atoms. The Morgan fingerprint density at radius 2 is 1.78 bits per heavy atom. The Hall–Kier alpha value is -2.21. The predicted octanol–water partition coefficient (Wildman–Crippen LogP) is 5.31. The van der Waals surface area contributed by atoms with Crippen LogP contribution >= 0.6 is 0 Å². The first kappa shape index (κ1) is 26.0. The standard InChI is InChI=1S/C24H38N4O2.C2H6/c1-7-8-18(2)21-10-9-19(15-22(21)25-6)28-16-20(17-28)26-11-13-27(14-12-26)23(29)30-24(3,4)5;1-2/h8-10,15,20,25H,7,11-14,16-17H2,1-6H3;1-2H3/b18-8+;. The van der Waals surface area contributed by atoms with Crippen LogP contribution in [0.5, 0.6) is 0 Å². The average Bonchev–Trinajstić information content (AvgIpc) is 2.73. The molecule has 2 aliphatic rings. The van der Waals surface area contributed by atoms with Crippen molar-refractivity contribution < 1.29 is 9.53 Å². The number of rotatable bonds is 5. The summed E-state index contributed by atoms with van der Waals surface area (Å²) in [6.07, 6.45) is 3.13. The molecule has 6 nitrogen and oxygen atoms in total. The molecule has 180 valence electrons. The van der Waals surface area contributed by atoms with E-state index in [1.165, 1.54) is 22.5 Å². The third-order valence-corrected chi connectivity index (χ3v) is 5.92. The zero-order valence-corrected chi connectivity index (χ0v) is 21.5. The molecule has 6 heteroatoms. The summed E-state index contributed by atoms with van der Waals surface area (Å²) < 4.78 is 5.50. The summed E-state index contributed by atoms with van der Waals surface area (Å²) in [6.45, 7) is 19.5. The molecule has 2 fully saturated rings. The summed E-state index contributed by atoms with van der Waals surface area (Å²) in [5, 5.41) is 3.36. The molecule has 32 heavy (non-hydrogen) atoms. The number of hydrogen-bond acceptors (Lipinski definition) is 5. The molecule has 0 bridgehead atoms. The third-order valence-electron chi connectivity index (χ3n) is 5.92. The second-order valence-electron chi connectivity index (χ2n) is 9.34. The first-order valence-electron chi connectivity index (χ1n) is 12.2. The minimum absolute atomic E-state index is 0.190. The smallest absolute Gasteiger partial charge is 0.410 e. The Morgan fingerprint density at radius 3 is 2.31 bits per heavy atom. The lowest BCUT2D eigenvalue weighted by molar-refractivity contribution is 0.00876. The molecule has 2 heterocycles. The minimum Gasteiger partial charge on any atom is -0.444 e. The van der Waals surface area contributed by atoms with E-state index in [0.29, 0.717) is 6.04 Å². The van der Waals surface area contributed by atoms with Crippen molar-refractivity contribution in [2.24, 2.45) is 0 Å². The van der Waals surface area contributed by atoms with Gasteiger partial charge in [0, 0.05) is 69.3 Å². The quantitative estimate of drug-likeness (QED) is 0.667. The summed E-state index contributed by atoms with van der Waals surface area (Å²) >= 11 is 0. The van der Waals surface area contributed by atoms with E-state index in [-0.39, 0.29) is 6.09 Å². The Kier molecular flexibility index (Phi) is 9.44. The van der Waals surface area contributed by atoms with Gasteiger partial charge >= 0.3 is 6.09 Å². The van der Waals surface area contributed by atoms with E-state index in [2.05, 4.69) is 53.2 Å². The van der Waals surface area contributed by atoms with E-state index < -0.39 is 5.60 Å². The Labute approximate surface area is 195 Å². The SMILES string of the molecule is CC.CC/C=C(\C)c1ccc(N2CC(N3CCN(C(=O)OC(C)(C)C)CC3)C2)cc1NC. The van der Waals surface area contributed by atoms with E-state index >= 15 is 0 Å². The monoisotopic (exact) mass is 444 g/mol. The molecular weight excluding hydrogens is 400 g/mol.